The van der Waals surface area contributed by atoms with Gasteiger partial charge in [-0.3, -0.25) is 0 Å². The van der Waals surface area contributed by atoms with Crippen molar-refractivity contribution in [3.05, 3.63) is 29.3 Å². The molecule has 0 amide bonds. The van der Waals surface area contributed by atoms with Crippen LogP contribution in [0.2, 0.25) is 0 Å². The molecule has 1 atom stereocenters. The summed E-state index contributed by atoms with van der Waals surface area (Å²) in [4.78, 5) is 0. The van der Waals surface area contributed by atoms with E-state index in [1.54, 1.807) is 13.2 Å². The molecule has 1 aromatic carbocycles. The van der Waals surface area contributed by atoms with Crippen LogP contribution in [0.4, 0.5) is 0 Å². The molecule has 0 saturated carbocycles. The van der Waals surface area contributed by atoms with Crippen LogP contribution in [0.1, 0.15) is 37.8 Å². The van der Waals surface area contributed by atoms with E-state index in [-0.39, 0.29) is 11.9 Å². The number of hydrogen-bond acceptors (Lipinski definition) is 4. The minimum absolute atomic E-state index is 0.0312. The van der Waals surface area contributed by atoms with Crippen molar-refractivity contribution in [2.24, 2.45) is 10.9 Å². The van der Waals surface area contributed by atoms with Crippen LogP contribution in [0, 0.1) is 0 Å². The van der Waals surface area contributed by atoms with Crippen LogP contribution >= 0.6 is 0 Å². The van der Waals surface area contributed by atoms with Gasteiger partial charge in [0.1, 0.15) is 5.75 Å². The monoisotopic (exact) mass is 266 g/mol. The number of ether oxygens (including phenoxy) is 2. The summed E-state index contributed by atoms with van der Waals surface area (Å²) in [7, 11) is 1.55. The number of nitrogens with two attached hydrogens (primary N) is 1. The molecule has 0 aliphatic carbocycles. The van der Waals surface area contributed by atoms with Gasteiger partial charge in [-0.25, -0.2) is 0 Å². The SMILES string of the molecule is CCCC(C)OCc1ccc(/C(N)=N/O)c(OC)c1. The van der Waals surface area contributed by atoms with Gasteiger partial charge >= 0.3 is 0 Å². The lowest BCUT2D eigenvalue weighted by molar-refractivity contribution is 0.0471. The predicted octanol–water partition coefficient (Wildman–Crippen LogP) is 2.49. The molecule has 1 aromatic rings. The molecule has 5 heteroatoms. The quantitative estimate of drug-likeness (QED) is 0.344. The van der Waals surface area contributed by atoms with Crippen LogP contribution in [0.5, 0.6) is 5.75 Å². The van der Waals surface area contributed by atoms with Crippen LogP contribution < -0.4 is 10.5 Å². The predicted molar refractivity (Wildman–Crippen MR) is 74.7 cm³/mol. The fourth-order valence-corrected chi connectivity index (χ4v) is 1.82. The van der Waals surface area contributed by atoms with Crippen molar-refractivity contribution in [3.63, 3.8) is 0 Å². The van der Waals surface area contributed by atoms with Gasteiger partial charge in [-0.1, -0.05) is 24.6 Å². The van der Waals surface area contributed by atoms with E-state index in [1.807, 2.05) is 12.1 Å². The molecule has 0 bridgehead atoms. The zero-order valence-corrected chi connectivity index (χ0v) is 11.7. The molecule has 19 heavy (non-hydrogen) atoms. The fraction of sp³-hybridized carbons (Fsp3) is 0.500. The normalized spacial score (nSPS) is 13.3. The molecule has 0 aliphatic rings. The maximum atomic E-state index is 8.70. The Hall–Kier alpha value is -1.75. The van der Waals surface area contributed by atoms with Gasteiger partial charge in [-0.2, -0.15) is 0 Å². The second-order valence-corrected chi connectivity index (χ2v) is 4.43. The summed E-state index contributed by atoms with van der Waals surface area (Å²) in [5.41, 5.74) is 7.13. The van der Waals surface area contributed by atoms with E-state index in [2.05, 4.69) is 19.0 Å². The smallest absolute Gasteiger partial charge is 0.173 e. The van der Waals surface area contributed by atoms with Gasteiger partial charge in [0.05, 0.1) is 25.4 Å². The third kappa shape index (κ3) is 4.44. The maximum absolute atomic E-state index is 8.70. The van der Waals surface area contributed by atoms with Crippen molar-refractivity contribution in [1.82, 2.24) is 0 Å². The highest BCUT2D eigenvalue weighted by Crippen LogP contribution is 2.21. The van der Waals surface area contributed by atoms with Gasteiger partial charge in [0.25, 0.3) is 0 Å². The van der Waals surface area contributed by atoms with Gasteiger partial charge in [0.2, 0.25) is 0 Å². The molecule has 5 nitrogen and oxygen atoms in total. The molecular weight excluding hydrogens is 244 g/mol. The van der Waals surface area contributed by atoms with E-state index in [0.717, 1.165) is 18.4 Å². The van der Waals surface area contributed by atoms with Crippen molar-refractivity contribution < 1.29 is 14.7 Å². The third-order valence-electron chi connectivity index (χ3n) is 2.88. The minimum Gasteiger partial charge on any atom is -0.496 e. The van der Waals surface area contributed by atoms with Gasteiger partial charge in [-0.15, -0.1) is 0 Å². The van der Waals surface area contributed by atoms with E-state index >= 15 is 0 Å². The molecule has 0 aliphatic heterocycles. The minimum atomic E-state index is 0.0312. The lowest BCUT2D eigenvalue weighted by atomic mass is 10.1. The summed E-state index contributed by atoms with van der Waals surface area (Å²) in [5.74, 6) is 0.600. The topological polar surface area (TPSA) is 77.1 Å². The first-order valence-corrected chi connectivity index (χ1v) is 6.38. The summed E-state index contributed by atoms with van der Waals surface area (Å²) in [6.07, 6.45) is 2.38. The lowest BCUT2D eigenvalue weighted by Gasteiger charge is -2.13. The average molecular weight is 266 g/mol. The second kappa shape index (κ2) is 7.63. The first-order valence-electron chi connectivity index (χ1n) is 6.38. The summed E-state index contributed by atoms with van der Waals surface area (Å²) < 4.78 is 11.0. The summed E-state index contributed by atoms with van der Waals surface area (Å²) in [6.45, 7) is 4.72. The zero-order chi connectivity index (χ0) is 14.3. The van der Waals surface area contributed by atoms with Crippen LogP contribution in [0.3, 0.4) is 0 Å². The van der Waals surface area contributed by atoms with E-state index in [4.69, 9.17) is 20.4 Å². The number of nitrogens with zero attached hydrogens (tertiary/aromatic N) is 1. The molecule has 1 unspecified atom stereocenters. The molecule has 0 heterocycles. The molecule has 1 rings (SSSR count). The van der Waals surface area contributed by atoms with E-state index < -0.39 is 0 Å². The standard InChI is InChI=1S/C14H22N2O3/c1-4-5-10(2)19-9-11-6-7-12(14(15)16-17)13(8-11)18-3/h6-8,10,17H,4-5,9H2,1-3H3,(H2,15,16). The molecule has 0 radical (unpaired) electrons. The van der Waals surface area contributed by atoms with Gasteiger partial charge in [0.15, 0.2) is 5.84 Å². The highest BCUT2D eigenvalue weighted by atomic mass is 16.5. The Bertz CT molecular complexity index is 433. The molecule has 3 N–H and O–H groups in total. The Balaban J connectivity index is 2.77. The number of rotatable bonds is 7. The highest BCUT2D eigenvalue weighted by molar-refractivity contribution is 5.99. The second-order valence-electron chi connectivity index (χ2n) is 4.43. The van der Waals surface area contributed by atoms with Crippen LogP contribution in [-0.2, 0) is 11.3 Å². The first-order chi connectivity index (χ1) is 9.12. The lowest BCUT2D eigenvalue weighted by Crippen LogP contribution is -2.14. The third-order valence-corrected chi connectivity index (χ3v) is 2.88. The number of benzene rings is 1. The summed E-state index contributed by atoms with van der Waals surface area (Å²) in [6, 6.07) is 5.48. The highest BCUT2D eigenvalue weighted by Gasteiger charge is 2.09. The molecule has 0 spiro atoms. The summed E-state index contributed by atoms with van der Waals surface area (Å²) >= 11 is 0. The van der Waals surface area contributed by atoms with E-state index in [1.165, 1.54) is 0 Å². The van der Waals surface area contributed by atoms with Crippen LogP contribution in [-0.4, -0.2) is 24.3 Å². The van der Waals surface area contributed by atoms with Crippen molar-refractivity contribution in [2.75, 3.05) is 7.11 Å². The number of hydrogen-bond donors (Lipinski definition) is 2. The molecule has 0 aromatic heterocycles. The largest absolute Gasteiger partial charge is 0.496 e. The van der Waals surface area contributed by atoms with E-state index in [0.29, 0.717) is 17.9 Å². The Labute approximate surface area is 114 Å². The Morgan fingerprint density at radius 3 is 2.79 bits per heavy atom. The molecular formula is C14H22N2O3. The van der Waals surface area contributed by atoms with E-state index in [9.17, 15) is 0 Å². The maximum Gasteiger partial charge on any atom is 0.173 e. The van der Waals surface area contributed by atoms with Crippen molar-refractivity contribution in [2.45, 2.75) is 39.4 Å². The fourth-order valence-electron chi connectivity index (χ4n) is 1.82. The van der Waals surface area contributed by atoms with Crippen LogP contribution in [0.25, 0.3) is 0 Å². The van der Waals surface area contributed by atoms with Gasteiger partial charge in [0, 0.05) is 0 Å². The molecule has 0 saturated heterocycles. The summed E-state index contributed by atoms with van der Waals surface area (Å²) in [5, 5.41) is 11.7. The molecule has 106 valence electrons. The Morgan fingerprint density at radius 1 is 1.47 bits per heavy atom. The number of oxime groups is 1. The van der Waals surface area contributed by atoms with Crippen LogP contribution in [0.15, 0.2) is 23.4 Å². The number of amidine groups is 1. The first kappa shape index (κ1) is 15.3. The zero-order valence-electron chi connectivity index (χ0n) is 11.7. The van der Waals surface area contributed by atoms with Crippen molar-refractivity contribution >= 4 is 5.84 Å². The van der Waals surface area contributed by atoms with Crippen molar-refractivity contribution in [1.29, 1.82) is 0 Å². The van der Waals surface area contributed by atoms with Gasteiger partial charge in [-0.05, 0) is 31.0 Å². The Morgan fingerprint density at radius 2 is 2.21 bits per heavy atom. The molecule has 0 fully saturated rings. The average Bonchev–Trinajstić information content (AvgIpc) is 2.44. The van der Waals surface area contributed by atoms with Gasteiger partial charge < -0.3 is 20.4 Å². The Kier molecular flexibility index (Phi) is 6.15. The number of methoxy groups -OCH3 is 1. The van der Waals surface area contributed by atoms with Crippen molar-refractivity contribution in [3.8, 4) is 5.75 Å².